The number of benzene rings is 3. The van der Waals surface area contributed by atoms with E-state index in [0.29, 0.717) is 24.1 Å². The lowest BCUT2D eigenvalue weighted by Crippen LogP contribution is -2.60. The van der Waals surface area contributed by atoms with Crippen molar-refractivity contribution in [1.29, 1.82) is 5.26 Å². The number of hydrogen-bond donors (Lipinski definition) is 0. The van der Waals surface area contributed by atoms with Crippen LogP contribution in [0.5, 0.6) is 0 Å². The van der Waals surface area contributed by atoms with E-state index in [4.69, 9.17) is 4.74 Å². The molecule has 0 saturated carbocycles. The van der Waals surface area contributed by atoms with Gasteiger partial charge < -0.3 is 4.74 Å². The van der Waals surface area contributed by atoms with Crippen molar-refractivity contribution in [2.75, 3.05) is 13.1 Å². The summed E-state index contributed by atoms with van der Waals surface area (Å²) in [5, 5.41) is 9.23. The molecular weight excluding hydrogens is 380 g/mol. The molecule has 0 aromatic heterocycles. The molecule has 3 aromatic carbocycles. The smallest absolute Gasteiger partial charge is 0.0991 e. The number of nitrogens with zero attached hydrogens (tertiary/aromatic N) is 2. The van der Waals surface area contributed by atoms with Gasteiger partial charge in [-0.25, -0.2) is 0 Å². The molecule has 3 aliphatic heterocycles. The molecular formula is C28H28N2O. The molecule has 3 heterocycles. The molecule has 0 unspecified atom stereocenters. The summed E-state index contributed by atoms with van der Waals surface area (Å²) in [4.78, 5) is 2.65. The van der Waals surface area contributed by atoms with Gasteiger partial charge in [-0.05, 0) is 60.7 Å². The molecule has 31 heavy (non-hydrogen) atoms. The van der Waals surface area contributed by atoms with Crippen LogP contribution in [-0.4, -0.2) is 30.1 Å². The van der Waals surface area contributed by atoms with Crippen molar-refractivity contribution < 1.29 is 4.74 Å². The molecule has 0 amide bonds. The van der Waals surface area contributed by atoms with Gasteiger partial charge in [0.2, 0.25) is 0 Å². The highest BCUT2D eigenvalue weighted by molar-refractivity contribution is 5.36. The van der Waals surface area contributed by atoms with Crippen LogP contribution in [0.4, 0.5) is 0 Å². The van der Waals surface area contributed by atoms with E-state index in [9.17, 15) is 5.26 Å². The van der Waals surface area contributed by atoms with Crippen LogP contribution in [0.1, 0.15) is 41.0 Å². The van der Waals surface area contributed by atoms with E-state index in [1.165, 1.54) is 24.0 Å². The fraction of sp³-hybridized carbons (Fsp3) is 0.321. The van der Waals surface area contributed by atoms with E-state index in [1.54, 1.807) is 0 Å². The average Bonchev–Trinajstić information content (AvgIpc) is 2.85. The molecule has 3 aromatic rings. The summed E-state index contributed by atoms with van der Waals surface area (Å²) >= 11 is 0. The van der Waals surface area contributed by atoms with Crippen LogP contribution in [0.2, 0.25) is 0 Å². The van der Waals surface area contributed by atoms with E-state index >= 15 is 0 Å². The molecule has 0 spiro atoms. The summed E-state index contributed by atoms with van der Waals surface area (Å²) in [6.45, 7) is 2.85. The van der Waals surface area contributed by atoms with Gasteiger partial charge in [-0.2, -0.15) is 5.26 Å². The molecule has 3 nitrogen and oxygen atoms in total. The van der Waals surface area contributed by atoms with Crippen LogP contribution in [-0.2, 0) is 11.3 Å². The van der Waals surface area contributed by atoms with Gasteiger partial charge in [-0.1, -0.05) is 72.8 Å². The minimum Gasteiger partial charge on any atom is -0.372 e. The quantitative estimate of drug-likeness (QED) is 0.550. The molecule has 3 saturated heterocycles. The average molecular weight is 409 g/mol. The lowest BCUT2D eigenvalue weighted by atomic mass is 9.72. The first-order chi connectivity index (χ1) is 15.3. The van der Waals surface area contributed by atoms with Gasteiger partial charge in [-0.15, -0.1) is 0 Å². The minimum absolute atomic E-state index is 0.179. The lowest BCUT2D eigenvalue weighted by molar-refractivity contribution is -0.120. The molecule has 2 atom stereocenters. The highest BCUT2D eigenvalue weighted by Gasteiger charge is 2.47. The van der Waals surface area contributed by atoms with Gasteiger partial charge in [0.05, 0.1) is 24.3 Å². The van der Waals surface area contributed by atoms with Crippen molar-refractivity contribution in [3.05, 3.63) is 107 Å². The molecule has 0 radical (unpaired) electrons. The molecule has 0 aliphatic carbocycles. The summed E-state index contributed by atoms with van der Waals surface area (Å²) in [7, 11) is 0. The fourth-order valence-corrected chi connectivity index (χ4v) is 5.50. The maximum Gasteiger partial charge on any atom is 0.0991 e. The van der Waals surface area contributed by atoms with Crippen LogP contribution in [0.25, 0.3) is 0 Å². The van der Waals surface area contributed by atoms with E-state index in [0.717, 1.165) is 18.7 Å². The zero-order valence-electron chi connectivity index (χ0n) is 17.7. The van der Waals surface area contributed by atoms with E-state index < -0.39 is 0 Å². The van der Waals surface area contributed by atoms with E-state index in [2.05, 4.69) is 77.7 Å². The second-order valence-electron chi connectivity index (χ2n) is 8.75. The molecule has 3 fully saturated rings. The normalized spacial score (nSPS) is 24.8. The fourth-order valence-electron chi connectivity index (χ4n) is 5.50. The highest BCUT2D eigenvalue weighted by Crippen LogP contribution is 2.43. The number of fused-ring (bicyclic) bond motifs is 3. The van der Waals surface area contributed by atoms with Crippen LogP contribution in [0.3, 0.4) is 0 Å². The first-order valence-electron chi connectivity index (χ1n) is 11.3. The van der Waals surface area contributed by atoms with Gasteiger partial charge in [0.1, 0.15) is 0 Å². The zero-order chi connectivity index (χ0) is 21.0. The van der Waals surface area contributed by atoms with Crippen molar-refractivity contribution in [1.82, 2.24) is 4.90 Å². The molecule has 3 heteroatoms. The zero-order valence-corrected chi connectivity index (χ0v) is 17.7. The molecule has 2 bridgehead atoms. The molecule has 156 valence electrons. The Morgan fingerprint density at radius 3 is 2.13 bits per heavy atom. The topological polar surface area (TPSA) is 36.3 Å². The maximum atomic E-state index is 9.23. The van der Waals surface area contributed by atoms with Crippen LogP contribution in [0.15, 0.2) is 84.9 Å². The van der Waals surface area contributed by atoms with Crippen molar-refractivity contribution in [2.24, 2.45) is 5.92 Å². The summed E-state index contributed by atoms with van der Waals surface area (Å²) in [6.07, 6.45) is 2.59. The third-order valence-electron chi connectivity index (χ3n) is 6.95. The van der Waals surface area contributed by atoms with E-state index in [1.807, 2.05) is 18.2 Å². The van der Waals surface area contributed by atoms with E-state index in [-0.39, 0.29) is 12.0 Å². The number of rotatable bonds is 6. The van der Waals surface area contributed by atoms with Gasteiger partial charge in [0, 0.05) is 12.0 Å². The third kappa shape index (κ3) is 4.14. The highest BCUT2D eigenvalue weighted by atomic mass is 16.5. The maximum absolute atomic E-state index is 9.23. The second kappa shape index (κ2) is 9.06. The van der Waals surface area contributed by atoms with Crippen LogP contribution >= 0.6 is 0 Å². The Hall–Kier alpha value is -2.93. The lowest BCUT2D eigenvalue weighted by Gasteiger charge is -2.53. The van der Waals surface area contributed by atoms with Crippen molar-refractivity contribution in [3.63, 3.8) is 0 Å². The Balaban J connectivity index is 1.48. The van der Waals surface area contributed by atoms with Crippen molar-refractivity contribution in [2.45, 2.75) is 37.5 Å². The largest absolute Gasteiger partial charge is 0.372 e. The predicted octanol–water partition coefficient (Wildman–Crippen LogP) is 5.37. The summed E-state index contributed by atoms with van der Waals surface area (Å²) in [5.41, 5.74) is 4.47. The van der Waals surface area contributed by atoms with Crippen molar-refractivity contribution in [3.8, 4) is 6.07 Å². The Labute approximate surface area is 184 Å². The Kier molecular flexibility index (Phi) is 5.84. The summed E-state index contributed by atoms with van der Waals surface area (Å²) in [5.74, 6) is 0.866. The molecule has 6 rings (SSSR count). The molecule has 0 N–H and O–H groups in total. The second-order valence-corrected chi connectivity index (χ2v) is 8.75. The first kappa shape index (κ1) is 20.0. The van der Waals surface area contributed by atoms with Gasteiger partial charge >= 0.3 is 0 Å². The summed E-state index contributed by atoms with van der Waals surface area (Å²) in [6, 6.07) is 32.1. The predicted molar refractivity (Wildman–Crippen MR) is 123 cm³/mol. The number of nitriles is 1. The van der Waals surface area contributed by atoms with Crippen molar-refractivity contribution >= 4 is 0 Å². The first-order valence-corrected chi connectivity index (χ1v) is 11.3. The number of ether oxygens (including phenoxy) is 1. The SMILES string of the molecule is N#Cc1cccc(CO[C@H]2C3CCN(CC3)[C@@H]2C(c2ccccc2)c2ccccc2)c1. The van der Waals surface area contributed by atoms with Gasteiger partial charge in [0.15, 0.2) is 0 Å². The Morgan fingerprint density at radius 1 is 0.871 bits per heavy atom. The minimum atomic E-state index is 0.179. The number of hydrogen-bond acceptors (Lipinski definition) is 3. The molecule has 3 aliphatic rings. The third-order valence-corrected chi connectivity index (χ3v) is 6.95. The Bertz CT molecular complexity index is 996. The number of piperidine rings is 3. The standard InChI is InChI=1S/C28H28N2O/c29-19-21-8-7-9-22(18-21)20-31-28-25-14-16-30(17-15-25)27(28)26(23-10-3-1-4-11-23)24-12-5-2-6-13-24/h1-13,18,25-28H,14-17,20H2/t27-,28+/m1/s1. The van der Waals surface area contributed by atoms with Crippen LogP contribution in [0, 0.1) is 17.2 Å². The van der Waals surface area contributed by atoms with Crippen LogP contribution < -0.4 is 0 Å². The summed E-state index contributed by atoms with van der Waals surface area (Å²) < 4.78 is 6.69. The van der Waals surface area contributed by atoms with Gasteiger partial charge in [-0.3, -0.25) is 4.90 Å². The Morgan fingerprint density at radius 2 is 1.52 bits per heavy atom. The monoisotopic (exact) mass is 408 g/mol. The van der Waals surface area contributed by atoms with Gasteiger partial charge in [0.25, 0.3) is 0 Å².